The molecule has 0 atom stereocenters. The Kier molecular flexibility index (Phi) is 6.40. The molecule has 83 valence electrons. The molecule has 1 rings (SSSR count). The van der Waals surface area contributed by atoms with E-state index >= 15 is 0 Å². The van der Waals surface area contributed by atoms with E-state index in [4.69, 9.17) is 0 Å². The predicted molar refractivity (Wildman–Crippen MR) is 44.3 cm³/mol. The van der Waals surface area contributed by atoms with Crippen LogP contribution in [0.25, 0.3) is 0 Å². The average molecular weight is 374 g/mol. The largest absolute Gasteiger partial charge is 0.450 e. The van der Waals surface area contributed by atoms with E-state index in [1.54, 1.807) is 5.38 Å². The quantitative estimate of drug-likeness (QED) is 0.602. The number of carbonyl (C=O) groups is 2. The zero-order chi connectivity index (χ0) is 10.8. The van der Waals surface area contributed by atoms with Crippen molar-refractivity contribution in [2.24, 2.45) is 0 Å². The molecule has 0 aliphatic carbocycles. The molecule has 0 unspecified atom stereocenters. The van der Waals surface area contributed by atoms with E-state index in [9.17, 15) is 22.8 Å². The number of rotatable bonds is 3. The third-order valence-corrected chi connectivity index (χ3v) is 2.34. The maximum atomic E-state index is 11.8. The van der Waals surface area contributed by atoms with Crippen LogP contribution in [-0.4, -0.2) is 17.7 Å². The first-order valence-corrected chi connectivity index (χ1v) is 4.46. The number of alkyl halides is 3. The van der Waals surface area contributed by atoms with Gasteiger partial charge in [-0.25, -0.2) is 0 Å². The van der Waals surface area contributed by atoms with E-state index in [2.05, 4.69) is 0 Å². The summed E-state index contributed by atoms with van der Waals surface area (Å²) < 4.78 is 35.3. The van der Waals surface area contributed by atoms with Gasteiger partial charge in [0.1, 0.15) is 0 Å². The SMILES string of the molecule is O=C(CC(=O)C(F)(F)F)c1cccs1.[Eu]. The first-order chi connectivity index (χ1) is 6.41. The van der Waals surface area contributed by atoms with Crippen LogP contribution in [0.3, 0.4) is 0 Å². The molecule has 1 heterocycles. The molecular formula is C8H5EuF3O2S. The number of hydrogen-bond donors (Lipinski definition) is 0. The minimum absolute atomic E-state index is 0. The molecule has 2 nitrogen and oxygen atoms in total. The summed E-state index contributed by atoms with van der Waals surface area (Å²) in [4.78, 5) is 21.7. The van der Waals surface area contributed by atoms with Gasteiger partial charge in [-0.05, 0) is 11.4 Å². The summed E-state index contributed by atoms with van der Waals surface area (Å²) in [6, 6.07) is 2.92. The zero-order valence-corrected chi connectivity index (χ0v) is 10.4. The average Bonchev–Trinajstić information content (AvgIpc) is 2.53. The molecule has 1 aromatic rings. The van der Waals surface area contributed by atoms with Crippen LogP contribution in [0, 0.1) is 49.4 Å². The number of ketones is 2. The van der Waals surface area contributed by atoms with Gasteiger partial charge in [0.2, 0.25) is 5.78 Å². The number of halogens is 3. The van der Waals surface area contributed by atoms with E-state index in [1.165, 1.54) is 12.1 Å². The molecule has 0 aliphatic rings. The van der Waals surface area contributed by atoms with Gasteiger partial charge in [-0.1, -0.05) is 6.07 Å². The molecular weight excluding hydrogens is 369 g/mol. The van der Waals surface area contributed by atoms with Crippen molar-refractivity contribution < 1.29 is 72.1 Å². The van der Waals surface area contributed by atoms with Gasteiger partial charge >= 0.3 is 6.18 Å². The second kappa shape index (κ2) is 6.22. The Morgan fingerprint density at radius 2 is 1.93 bits per heavy atom. The van der Waals surface area contributed by atoms with Gasteiger partial charge in [0, 0.05) is 49.4 Å². The van der Waals surface area contributed by atoms with Gasteiger partial charge < -0.3 is 0 Å². The fourth-order valence-electron chi connectivity index (χ4n) is 0.770. The van der Waals surface area contributed by atoms with Gasteiger partial charge in [0.25, 0.3) is 0 Å². The minimum atomic E-state index is -4.92. The van der Waals surface area contributed by atoms with E-state index in [0.717, 1.165) is 11.3 Å². The van der Waals surface area contributed by atoms with Gasteiger partial charge in [-0.3, -0.25) is 9.59 Å². The van der Waals surface area contributed by atoms with Crippen LogP contribution in [-0.2, 0) is 4.79 Å². The number of Topliss-reactive ketones (excluding diaryl/α,β-unsaturated/α-hetero) is 2. The summed E-state index contributed by atoms with van der Waals surface area (Å²) in [5.74, 6) is -2.79. The van der Waals surface area contributed by atoms with E-state index < -0.39 is 24.2 Å². The molecule has 0 spiro atoms. The molecule has 0 saturated heterocycles. The van der Waals surface area contributed by atoms with Crippen LogP contribution in [0.4, 0.5) is 13.2 Å². The van der Waals surface area contributed by atoms with Crippen LogP contribution < -0.4 is 0 Å². The fourth-order valence-corrected chi connectivity index (χ4v) is 1.43. The molecule has 0 fully saturated rings. The fraction of sp³-hybridized carbons (Fsp3) is 0.250. The molecule has 0 N–H and O–H groups in total. The Bertz CT molecular complexity index is 345. The monoisotopic (exact) mass is 375 g/mol. The summed E-state index contributed by atoms with van der Waals surface area (Å²) in [6.07, 6.45) is -6.03. The van der Waals surface area contributed by atoms with Gasteiger partial charge in [0.05, 0.1) is 11.3 Å². The van der Waals surface area contributed by atoms with E-state index in [1.807, 2.05) is 0 Å². The summed E-state index contributed by atoms with van der Waals surface area (Å²) in [7, 11) is 0. The van der Waals surface area contributed by atoms with Crippen LogP contribution >= 0.6 is 11.3 Å². The Morgan fingerprint density at radius 3 is 2.33 bits per heavy atom. The second-order valence-electron chi connectivity index (χ2n) is 2.50. The van der Waals surface area contributed by atoms with Gasteiger partial charge in [-0.2, -0.15) is 13.2 Å². The molecule has 0 amide bonds. The molecule has 1 radical (unpaired) electrons. The van der Waals surface area contributed by atoms with Crippen LogP contribution in [0.15, 0.2) is 17.5 Å². The molecule has 0 saturated carbocycles. The predicted octanol–water partition coefficient (Wildman–Crippen LogP) is 2.45. The summed E-state index contributed by atoms with van der Waals surface area (Å²) >= 11 is 1.01. The van der Waals surface area contributed by atoms with Gasteiger partial charge in [0.15, 0.2) is 5.78 Å². The Labute approximate surface area is 128 Å². The first-order valence-electron chi connectivity index (χ1n) is 3.58. The number of carbonyl (C=O) groups excluding carboxylic acids is 2. The van der Waals surface area contributed by atoms with Gasteiger partial charge in [-0.15, -0.1) is 11.3 Å². The van der Waals surface area contributed by atoms with Crippen molar-refractivity contribution in [3.05, 3.63) is 22.4 Å². The maximum Gasteiger partial charge on any atom is 0.450 e. The van der Waals surface area contributed by atoms with Crippen molar-refractivity contribution in [1.82, 2.24) is 0 Å². The van der Waals surface area contributed by atoms with Crippen molar-refractivity contribution in [3.63, 3.8) is 0 Å². The molecule has 0 bridgehead atoms. The summed E-state index contributed by atoms with van der Waals surface area (Å²) in [5, 5.41) is 1.56. The third-order valence-electron chi connectivity index (χ3n) is 1.43. The molecule has 7 heteroatoms. The molecule has 1 aromatic heterocycles. The van der Waals surface area contributed by atoms with Crippen molar-refractivity contribution in [2.75, 3.05) is 0 Å². The first kappa shape index (κ1) is 15.4. The molecule has 0 aliphatic heterocycles. The van der Waals surface area contributed by atoms with E-state index in [0.29, 0.717) is 0 Å². The van der Waals surface area contributed by atoms with Crippen LogP contribution in [0.2, 0.25) is 0 Å². The topological polar surface area (TPSA) is 34.1 Å². The Balaban J connectivity index is 0.00000196. The molecule has 15 heavy (non-hydrogen) atoms. The standard InChI is InChI=1S/C8H5F3O2S.Eu/c9-8(10,11)7(13)4-5(12)6-2-1-3-14-6;/h1-3H,4H2;. The van der Waals surface area contributed by atoms with Crippen molar-refractivity contribution in [2.45, 2.75) is 12.6 Å². The summed E-state index contributed by atoms with van der Waals surface area (Å²) in [5.41, 5.74) is 0. The smallest absolute Gasteiger partial charge is 0.293 e. The minimum Gasteiger partial charge on any atom is -0.293 e. The number of thiophene rings is 1. The van der Waals surface area contributed by atoms with Crippen molar-refractivity contribution >= 4 is 22.9 Å². The number of hydrogen-bond acceptors (Lipinski definition) is 3. The van der Waals surface area contributed by atoms with Crippen molar-refractivity contribution in [1.29, 1.82) is 0 Å². The van der Waals surface area contributed by atoms with Crippen LogP contribution in [0.5, 0.6) is 0 Å². The Hall–Kier alpha value is 0.414. The van der Waals surface area contributed by atoms with Crippen LogP contribution in [0.1, 0.15) is 16.1 Å². The Morgan fingerprint density at radius 1 is 1.33 bits per heavy atom. The normalized spacial score (nSPS) is 10.6. The molecule has 0 aromatic carbocycles. The second-order valence-corrected chi connectivity index (χ2v) is 3.45. The summed E-state index contributed by atoms with van der Waals surface area (Å²) in [6.45, 7) is 0. The van der Waals surface area contributed by atoms with E-state index in [-0.39, 0.29) is 54.3 Å². The third kappa shape index (κ3) is 4.84. The van der Waals surface area contributed by atoms with Crippen molar-refractivity contribution in [3.8, 4) is 0 Å². The zero-order valence-electron chi connectivity index (χ0n) is 7.18. The maximum absolute atomic E-state index is 11.8.